The zero-order valence-electron chi connectivity index (χ0n) is 13.1. The first kappa shape index (κ1) is 16.4. The summed E-state index contributed by atoms with van der Waals surface area (Å²) in [7, 11) is 0. The molecule has 116 valence electrons. The number of carbonyl (C=O) groups excluding carboxylic acids is 1. The van der Waals surface area contributed by atoms with Crippen molar-refractivity contribution in [2.45, 2.75) is 38.5 Å². The predicted molar refractivity (Wildman–Crippen MR) is 90.9 cm³/mol. The van der Waals surface area contributed by atoms with Crippen LogP contribution >= 0.6 is 11.8 Å². The number of nitrogens with one attached hydrogen (secondary N) is 1. The van der Waals surface area contributed by atoms with E-state index in [0.717, 1.165) is 24.4 Å². The van der Waals surface area contributed by atoms with Gasteiger partial charge in [0.2, 0.25) is 0 Å². The Hall–Kier alpha value is -1.00. The summed E-state index contributed by atoms with van der Waals surface area (Å²) in [5, 5.41) is 3.59. The van der Waals surface area contributed by atoms with E-state index in [-0.39, 0.29) is 5.91 Å². The van der Waals surface area contributed by atoms with E-state index < -0.39 is 0 Å². The number of rotatable bonds is 7. The molecule has 1 fully saturated rings. The fraction of sp³-hybridized carbons (Fsp3) is 0.588. The molecule has 0 aromatic heterocycles. The minimum Gasteiger partial charge on any atom is -0.351 e. The maximum atomic E-state index is 12.0. The van der Waals surface area contributed by atoms with E-state index in [4.69, 9.17) is 0 Å². The Bertz CT molecular complexity index is 439. The molecule has 0 spiro atoms. The van der Waals surface area contributed by atoms with Gasteiger partial charge in [0.15, 0.2) is 0 Å². The van der Waals surface area contributed by atoms with E-state index in [1.54, 1.807) is 0 Å². The molecule has 1 aromatic rings. The van der Waals surface area contributed by atoms with Gasteiger partial charge >= 0.3 is 0 Å². The lowest BCUT2D eigenvalue weighted by molar-refractivity contribution is 0.0956. The van der Waals surface area contributed by atoms with E-state index in [2.05, 4.69) is 36.2 Å². The van der Waals surface area contributed by atoms with E-state index >= 15 is 0 Å². The summed E-state index contributed by atoms with van der Waals surface area (Å²) in [6.45, 7) is 8.49. The second-order valence-electron chi connectivity index (χ2n) is 5.86. The molecular weight excluding hydrogens is 280 g/mol. The normalized spacial score (nSPS) is 15.6. The van der Waals surface area contributed by atoms with Crippen molar-refractivity contribution in [3.05, 3.63) is 35.4 Å². The highest BCUT2D eigenvalue weighted by Gasteiger charge is 2.12. The summed E-state index contributed by atoms with van der Waals surface area (Å²) in [4.78, 5) is 14.5. The third-order valence-electron chi connectivity index (χ3n) is 3.66. The van der Waals surface area contributed by atoms with Crippen LogP contribution in [0.2, 0.25) is 0 Å². The number of hydrogen-bond acceptors (Lipinski definition) is 3. The van der Waals surface area contributed by atoms with Gasteiger partial charge in [-0.05, 0) is 48.9 Å². The number of likely N-dealkylation sites (tertiary alicyclic amines) is 1. The second-order valence-corrected chi connectivity index (χ2v) is 7.54. The molecule has 21 heavy (non-hydrogen) atoms. The highest BCUT2D eigenvalue weighted by molar-refractivity contribution is 7.99. The molecule has 4 heteroatoms. The van der Waals surface area contributed by atoms with Crippen molar-refractivity contribution >= 4 is 17.7 Å². The minimum atomic E-state index is 0.0343. The number of carbonyl (C=O) groups is 1. The molecular formula is C17H26N2OS. The maximum absolute atomic E-state index is 12.0. The third-order valence-corrected chi connectivity index (χ3v) is 4.77. The number of hydrogen-bond donors (Lipinski definition) is 1. The van der Waals surface area contributed by atoms with Gasteiger partial charge in [0.25, 0.3) is 5.91 Å². The zero-order chi connectivity index (χ0) is 15.1. The van der Waals surface area contributed by atoms with Crippen LogP contribution in [0.5, 0.6) is 0 Å². The average molecular weight is 306 g/mol. The SMILES string of the molecule is CC(C)SCCNC(=O)c1ccc(CN2CCCC2)cc1. The Labute approximate surface area is 132 Å². The fourth-order valence-corrected chi connectivity index (χ4v) is 3.21. The van der Waals surface area contributed by atoms with Gasteiger partial charge in [-0.15, -0.1) is 0 Å². The Morgan fingerprint density at radius 3 is 2.52 bits per heavy atom. The van der Waals surface area contributed by atoms with Gasteiger partial charge in [-0.3, -0.25) is 9.69 Å². The van der Waals surface area contributed by atoms with E-state index in [1.807, 2.05) is 23.9 Å². The minimum absolute atomic E-state index is 0.0343. The third kappa shape index (κ3) is 5.71. The Balaban J connectivity index is 1.76. The van der Waals surface area contributed by atoms with Crippen LogP contribution in [0.4, 0.5) is 0 Å². The van der Waals surface area contributed by atoms with Crippen LogP contribution in [0.3, 0.4) is 0 Å². The van der Waals surface area contributed by atoms with Crippen molar-refractivity contribution in [1.29, 1.82) is 0 Å². The molecule has 0 atom stereocenters. The Morgan fingerprint density at radius 1 is 1.24 bits per heavy atom. The first-order chi connectivity index (χ1) is 10.1. The van der Waals surface area contributed by atoms with E-state index in [9.17, 15) is 4.79 Å². The van der Waals surface area contributed by atoms with E-state index in [0.29, 0.717) is 5.25 Å². The number of benzene rings is 1. The summed E-state index contributed by atoms with van der Waals surface area (Å²) in [6.07, 6.45) is 2.63. The van der Waals surface area contributed by atoms with Crippen LogP contribution in [0.25, 0.3) is 0 Å². The molecule has 3 nitrogen and oxygen atoms in total. The summed E-state index contributed by atoms with van der Waals surface area (Å²) in [5.74, 6) is 1.00. The molecule has 0 radical (unpaired) electrons. The monoisotopic (exact) mass is 306 g/mol. The first-order valence-electron chi connectivity index (χ1n) is 7.86. The van der Waals surface area contributed by atoms with Crippen LogP contribution < -0.4 is 5.32 Å². The molecule has 0 aliphatic carbocycles. The van der Waals surface area contributed by atoms with Crippen molar-refractivity contribution < 1.29 is 4.79 Å². The van der Waals surface area contributed by atoms with Gasteiger partial charge in [-0.1, -0.05) is 26.0 Å². The smallest absolute Gasteiger partial charge is 0.251 e. The Morgan fingerprint density at radius 2 is 1.90 bits per heavy atom. The Kier molecular flexibility index (Phi) is 6.58. The molecule has 0 saturated carbocycles. The molecule has 1 aliphatic heterocycles. The lowest BCUT2D eigenvalue weighted by atomic mass is 10.1. The van der Waals surface area contributed by atoms with Crippen LogP contribution in [0, 0.1) is 0 Å². The average Bonchev–Trinajstić information content (AvgIpc) is 2.97. The largest absolute Gasteiger partial charge is 0.351 e. The topological polar surface area (TPSA) is 32.3 Å². The van der Waals surface area contributed by atoms with Crippen molar-refractivity contribution in [1.82, 2.24) is 10.2 Å². The highest BCUT2D eigenvalue weighted by atomic mass is 32.2. The van der Waals surface area contributed by atoms with Crippen molar-refractivity contribution in [2.24, 2.45) is 0 Å². The molecule has 0 bridgehead atoms. The van der Waals surface area contributed by atoms with Gasteiger partial charge < -0.3 is 5.32 Å². The van der Waals surface area contributed by atoms with Gasteiger partial charge in [0.05, 0.1) is 0 Å². The standard InChI is InChI=1S/C17H26N2OS/c1-14(2)21-12-9-18-17(20)16-7-5-15(6-8-16)13-19-10-3-4-11-19/h5-8,14H,3-4,9-13H2,1-2H3,(H,18,20). The van der Waals surface area contributed by atoms with Gasteiger partial charge in [0.1, 0.15) is 0 Å². The summed E-state index contributed by atoms with van der Waals surface area (Å²) in [5.41, 5.74) is 2.05. The number of thioether (sulfide) groups is 1. The lowest BCUT2D eigenvalue weighted by Gasteiger charge is -2.14. The summed E-state index contributed by atoms with van der Waals surface area (Å²) in [6, 6.07) is 8.04. The molecule has 1 heterocycles. The molecule has 1 aromatic carbocycles. The van der Waals surface area contributed by atoms with Crippen LogP contribution in [0.15, 0.2) is 24.3 Å². The fourth-order valence-electron chi connectivity index (χ4n) is 2.52. The van der Waals surface area contributed by atoms with Gasteiger partial charge in [-0.25, -0.2) is 0 Å². The quantitative estimate of drug-likeness (QED) is 0.785. The zero-order valence-corrected chi connectivity index (χ0v) is 13.9. The van der Waals surface area contributed by atoms with Crippen LogP contribution in [-0.2, 0) is 6.54 Å². The summed E-state index contributed by atoms with van der Waals surface area (Å²) < 4.78 is 0. The first-order valence-corrected chi connectivity index (χ1v) is 8.91. The maximum Gasteiger partial charge on any atom is 0.251 e. The van der Waals surface area contributed by atoms with Crippen molar-refractivity contribution in [3.63, 3.8) is 0 Å². The second kappa shape index (κ2) is 8.44. The molecule has 1 saturated heterocycles. The molecule has 1 N–H and O–H groups in total. The number of nitrogens with zero attached hydrogens (tertiary/aromatic N) is 1. The molecule has 2 rings (SSSR count). The van der Waals surface area contributed by atoms with Crippen molar-refractivity contribution in [3.8, 4) is 0 Å². The van der Waals surface area contributed by atoms with Crippen molar-refractivity contribution in [2.75, 3.05) is 25.4 Å². The number of amides is 1. The lowest BCUT2D eigenvalue weighted by Crippen LogP contribution is -2.26. The van der Waals surface area contributed by atoms with E-state index in [1.165, 1.54) is 31.5 Å². The van der Waals surface area contributed by atoms with Gasteiger partial charge in [-0.2, -0.15) is 11.8 Å². The summed E-state index contributed by atoms with van der Waals surface area (Å²) >= 11 is 1.87. The predicted octanol–water partition coefficient (Wildman–Crippen LogP) is 3.15. The molecule has 1 amide bonds. The highest BCUT2D eigenvalue weighted by Crippen LogP contribution is 2.13. The molecule has 0 unspecified atom stereocenters. The van der Waals surface area contributed by atoms with Gasteiger partial charge in [0, 0.05) is 24.4 Å². The van der Waals surface area contributed by atoms with Crippen LogP contribution in [0.1, 0.15) is 42.6 Å². The molecule has 1 aliphatic rings. The van der Waals surface area contributed by atoms with Crippen LogP contribution in [-0.4, -0.2) is 41.4 Å².